The minimum Gasteiger partial charge on any atom is -0.356 e. The Morgan fingerprint density at radius 2 is 2.16 bits per heavy atom. The topological polar surface area (TPSA) is 52.6 Å². The van der Waals surface area contributed by atoms with Crippen LogP contribution in [-0.2, 0) is 12.6 Å². The largest absolute Gasteiger partial charge is 0.434 e. The van der Waals surface area contributed by atoms with Crippen LogP contribution < -0.4 is 10.6 Å². The molecule has 1 unspecified atom stereocenters. The van der Waals surface area contributed by atoms with Crippen molar-refractivity contribution in [2.24, 2.45) is 10.9 Å². The Hall–Kier alpha value is -1.35. The van der Waals surface area contributed by atoms with Gasteiger partial charge in [0.25, 0.3) is 0 Å². The number of likely N-dealkylation sites (tertiary alicyclic amines) is 1. The summed E-state index contributed by atoms with van der Waals surface area (Å²) in [5.41, 5.74) is -0.809. The Morgan fingerprint density at radius 1 is 1.36 bits per heavy atom. The van der Waals surface area contributed by atoms with Crippen LogP contribution in [0.5, 0.6) is 0 Å². The van der Waals surface area contributed by atoms with Gasteiger partial charge in [-0.15, -0.1) is 11.3 Å². The van der Waals surface area contributed by atoms with Gasteiger partial charge in [0.05, 0.1) is 5.01 Å². The normalized spacial score (nSPS) is 22.4. The first-order valence-electron chi connectivity index (χ1n) is 8.66. The highest BCUT2D eigenvalue weighted by atomic mass is 32.1. The SMILES string of the molecule is CN=C(NCCc1nc(C(F)(F)F)cs1)NCC1CCN(C2CC2)C1. The molecule has 1 aromatic rings. The van der Waals surface area contributed by atoms with Gasteiger partial charge in [-0.3, -0.25) is 4.99 Å². The lowest BCUT2D eigenvalue weighted by Crippen LogP contribution is -2.41. The molecule has 1 aromatic heterocycles. The molecule has 1 atom stereocenters. The number of alkyl halides is 3. The van der Waals surface area contributed by atoms with E-state index in [1.807, 2.05) is 0 Å². The summed E-state index contributed by atoms with van der Waals surface area (Å²) in [7, 11) is 1.70. The van der Waals surface area contributed by atoms with Crippen LogP contribution in [0, 0.1) is 5.92 Å². The maximum atomic E-state index is 12.5. The van der Waals surface area contributed by atoms with Crippen LogP contribution in [-0.4, -0.2) is 55.1 Å². The molecule has 1 aliphatic heterocycles. The third-order valence-corrected chi connectivity index (χ3v) is 5.54. The van der Waals surface area contributed by atoms with E-state index < -0.39 is 11.9 Å². The first kappa shape index (κ1) is 18.4. The molecule has 0 aromatic carbocycles. The lowest BCUT2D eigenvalue weighted by atomic mass is 10.1. The standard InChI is InChI=1S/C16H24F3N5S/c1-20-15(22-8-11-5-7-24(9-11)12-2-3-12)21-6-4-14-23-13(10-25-14)16(17,18)19/h10-12H,2-9H2,1H3,(H2,20,21,22). The van der Waals surface area contributed by atoms with Crippen molar-refractivity contribution in [3.8, 4) is 0 Å². The number of nitrogens with zero attached hydrogens (tertiary/aromatic N) is 3. The van der Waals surface area contributed by atoms with E-state index in [2.05, 4.69) is 25.5 Å². The van der Waals surface area contributed by atoms with Gasteiger partial charge in [-0.05, 0) is 31.7 Å². The Labute approximate surface area is 149 Å². The second-order valence-corrected chi connectivity index (χ2v) is 7.58. The molecule has 9 heteroatoms. The number of halogens is 3. The molecule has 140 valence electrons. The molecule has 3 rings (SSSR count). The van der Waals surface area contributed by atoms with Crippen LogP contribution in [0.4, 0.5) is 13.2 Å². The van der Waals surface area contributed by atoms with Crippen molar-refractivity contribution in [1.29, 1.82) is 0 Å². The molecule has 0 radical (unpaired) electrons. The number of rotatable bonds is 6. The summed E-state index contributed by atoms with van der Waals surface area (Å²) >= 11 is 1.04. The molecule has 1 aliphatic carbocycles. The minimum absolute atomic E-state index is 0.445. The third kappa shape index (κ3) is 5.31. The van der Waals surface area contributed by atoms with Crippen LogP contribution in [0.25, 0.3) is 0 Å². The second-order valence-electron chi connectivity index (χ2n) is 6.63. The zero-order valence-electron chi connectivity index (χ0n) is 14.3. The fourth-order valence-corrected chi connectivity index (χ4v) is 3.91. The van der Waals surface area contributed by atoms with Gasteiger partial charge in [-0.2, -0.15) is 13.2 Å². The summed E-state index contributed by atoms with van der Waals surface area (Å²) in [6, 6.07) is 0.822. The van der Waals surface area contributed by atoms with Crippen LogP contribution in [0.15, 0.2) is 10.4 Å². The predicted molar refractivity (Wildman–Crippen MR) is 92.9 cm³/mol. The summed E-state index contributed by atoms with van der Waals surface area (Å²) in [4.78, 5) is 10.4. The van der Waals surface area contributed by atoms with E-state index in [4.69, 9.17) is 0 Å². The van der Waals surface area contributed by atoms with Crippen molar-refractivity contribution in [1.82, 2.24) is 20.5 Å². The molecule has 5 nitrogen and oxygen atoms in total. The second kappa shape index (κ2) is 7.90. The summed E-state index contributed by atoms with van der Waals surface area (Å²) in [6.07, 6.45) is -0.0259. The third-order valence-electron chi connectivity index (χ3n) is 4.64. The van der Waals surface area contributed by atoms with Crippen molar-refractivity contribution in [3.05, 3.63) is 16.1 Å². The average molecular weight is 375 g/mol. The lowest BCUT2D eigenvalue weighted by Gasteiger charge is -2.17. The molecule has 0 amide bonds. The maximum Gasteiger partial charge on any atom is 0.434 e. The number of hydrogen-bond acceptors (Lipinski definition) is 4. The maximum absolute atomic E-state index is 12.5. The molecule has 2 heterocycles. The quantitative estimate of drug-likeness (QED) is 0.592. The average Bonchev–Trinajstić information content (AvgIpc) is 3.10. The van der Waals surface area contributed by atoms with Crippen molar-refractivity contribution in [2.75, 3.05) is 33.2 Å². The van der Waals surface area contributed by atoms with E-state index in [9.17, 15) is 13.2 Å². The van der Waals surface area contributed by atoms with E-state index in [0.29, 0.717) is 29.9 Å². The number of thiazole rings is 1. The van der Waals surface area contributed by atoms with Gasteiger partial charge in [-0.25, -0.2) is 4.98 Å². The van der Waals surface area contributed by atoms with Crippen LogP contribution in [0.1, 0.15) is 30.0 Å². The smallest absolute Gasteiger partial charge is 0.356 e. The molecule has 2 N–H and O–H groups in total. The summed E-state index contributed by atoms with van der Waals surface area (Å²) in [5.74, 6) is 1.32. The van der Waals surface area contributed by atoms with Crippen LogP contribution in [0.3, 0.4) is 0 Å². The van der Waals surface area contributed by atoms with E-state index in [0.717, 1.165) is 35.8 Å². The van der Waals surface area contributed by atoms with Crippen molar-refractivity contribution < 1.29 is 13.2 Å². The summed E-state index contributed by atoms with van der Waals surface area (Å²) < 4.78 is 37.6. The number of guanidine groups is 1. The fourth-order valence-electron chi connectivity index (χ4n) is 3.11. The van der Waals surface area contributed by atoms with Gasteiger partial charge in [0.1, 0.15) is 0 Å². The van der Waals surface area contributed by atoms with E-state index in [-0.39, 0.29) is 0 Å². The molecule has 1 saturated heterocycles. The Morgan fingerprint density at radius 3 is 2.80 bits per heavy atom. The molecule has 0 spiro atoms. The monoisotopic (exact) mass is 375 g/mol. The molecule has 2 aliphatic rings. The summed E-state index contributed by atoms with van der Waals surface area (Å²) in [5, 5.41) is 8.01. The van der Waals surface area contributed by atoms with E-state index >= 15 is 0 Å². The molecular weight excluding hydrogens is 351 g/mol. The van der Waals surface area contributed by atoms with Gasteiger partial charge in [0.15, 0.2) is 11.7 Å². The number of nitrogens with one attached hydrogen (secondary N) is 2. The molecule has 2 fully saturated rings. The predicted octanol–water partition coefficient (Wildman–Crippen LogP) is 2.35. The number of hydrogen-bond donors (Lipinski definition) is 2. The first-order chi connectivity index (χ1) is 12.0. The Kier molecular flexibility index (Phi) is 5.83. The Bertz CT molecular complexity index is 597. The zero-order valence-corrected chi connectivity index (χ0v) is 15.1. The molecule has 1 saturated carbocycles. The zero-order chi connectivity index (χ0) is 17.9. The van der Waals surface area contributed by atoms with Gasteiger partial charge in [0.2, 0.25) is 0 Å². The highest BCUT2D eigenvalue weighted by Crippen LogP contribution is 2.31. The first-order valence-corrected chi connectivity index (χ1v) is 9.54. The van der Waals surface area contributed by atoms with E-state index in [1.54, 1.807) is 7.05 Å². The number of aromatic nitrogens is 1. The van der Waals surface area contributed by atoms with Gasteiger partial charge in [0, 0.05) is 44.5 Å². The fraction of sp³-hybridized carbons (Fsp3) is 0.750. The van der Waals surface area contributed by atoms with Crippen molar-refractivity contribution in [2.45, 2.75) is 37.9 Å². The summed E-state index contributed by atoms with van der Waals surface area (Å²) in [6.45, 7) is 3.71. The lowest BCUT2D eigenvalue weighted by molar-refractivity contribution is -0.140. The number of aliphatic imine (C=N–C) groups is 1. The van der Waals surface area contributed by atoms with Crippen molar-refractivity contribution in [3.63, 3.8) is 0 Å². The van der Waals surface area contributed by atoms with Crippen molar-refractivity contribution >= 4 is 17.3 Å². The molecule has 0 bridgehead atoms. The highest BCUT2D eigenvalue weighted by molar-refractivity contribution is 7.09. The van der Waals surface area contributed by atoms with Gasteiger partial charge >= 0.3 is 6.18 Å². The minimum atomic E-state index is -4.37. The van der Waals surface area contributed by atoms with Crippen LogP contribution in [0.2, 0.25) is 0 Å². The van der Waals surface area contributed by atoms with Gasteiger partial charge in [-0.1, -0.05) is 0 Å². The molecular formula is C16H24F3N5S. The Balaban J connectivity index is 1.36. The molecule has 25 heavy (non-hydrogen) atoms. The van der Waals surface area contributed by atoms with Gasteiger partial charge < -0.3 is 15.5 Å². The highest BCUT2D eigenvalue weighted by Gasteiger charge is 2.34. The van der Waals surface area contributed by atoms with E-state index in [1.165, 1.54) is 25.8 Å². The van der Waals surface area contributed by atoms with Crippen LogP contribution >= 0.6 is 11.3 Å².